The predicted molar refractivity (Wildman–Crippen MR) is 53.7 cm³/mol. The van der Waals surface area contributed by atoms with Crippen molar-refractivity contribution >= 4 is 44.2 Å². The number of carbonyl (C=O) groups excluding carboxylic acids is 2. The van der Waals surface area contributed by atoms with E-state index in [0.717, 1.165) is 0 Å². The molecular formula is C6H6BrN3O2S. The summed E-state index contributed by atoms with van der Waals surface area (Å²) < 4.78 is 0.550. The molecule has 0 fully saturated rings. The van der Waals surface area contributed by atoms with Crippen molar-refractivity contribution < 1.29 is 9.59 Å². The van der Waals surface area contributed by atoms with E-state index in [-0.39, 0.29) is 5.56 Å². The molecule has 1 aromatic heterocycles. The Morgan fingerprint density at radius 1 is 1.46 bits per heavy atom. The summed E-state index contributed by atoms with van der Waals surface area (Å²) >= 11 is 4.30. The second-order valence-corrected chi connectivity index (χ2v) is 3.88. The molecule has 13 heavy (non-hydrogen) atoms. The molecule has 0 aliphatic carbocycles. The maximum Gasteiger partial charge on any atom is 0.317 e. The first-order chi connectivity index (χ1) is 6.02. The summed E-state index contributed by atoms with van der Waals surface area (Å²) in [6, 6.07) is -0.725. The molecule has 0 saturated heterocycles. The highest BCUT2D eigenvalue weighted by atomic mass is 79.9. The minimum Gasteiger partial charge on any atom is -0.365 e. The second kappa shape index (κ2) is 3.75. The van der Waals surface area contributed by atoms with Crippen molar-refractivity contribution in [1.29, 1.82) is 0 Å². The molecule has 5 nitrogen and oxygen atoms in total. The largest absolute Gasteiger partial charge is 0.365 e. The number of rotatable bonds is 2. The van der Waals surface area contributed by atoms with Crippen LogP contribution in [-0.4, -0.2) is 11.9 Å². The van der Waals surface area contributed by atoms with Gasteiger partial charge in [-0.15, -0.1) is 11.3 Å². The number of nitrogens with two attached hydrogens (primary N) is 2. The number of carbonyl (C=O) groups is 2. The van der Waals surface area contributed by atoms with E-state index >= 15 is 0 Å². The molecule has 7 heteroatoms. The Kier molecular flexibility index (Phi) is 2.89. The van der Waals surface area contributed by atoms with E-state index in [0.29, 0.717) is 9.47 Å². The normalized spacial score (nSPS) is 9.62. The van der Waals surface area contributed by atoms with Gasteiger partial charge in [0.2, 0.25) is 0 Å². The lowest BCUT2D eigenvalue weighted by Gasteiger charge is -1.99. The number of primary amides is 2. The molecule has 1 aromatic rings. The van der Waals surface area contributed by atoms with Crippen LogP contribution < -0.4 is 16.8 Å². The molecule has 0 aliphatic rings. The number of thiophene rings is 1. The van der Waals surface area contributed by atoms with Gasteiger partial charge in [-0.1, -0.05) is 0 Å². The number of hydrogen-bond donors (Lipinski definition) is 3. The number of anilines is 1. The Bertz CT molecular complexity index is 363. The van der Waals surface area contributed by atoms with Gasteiger partial charge >= 0.3 is 6.03 Å². The molecule has 0 bridgehead atoms. The molecule has 0 saturated carbocycles. The highest BCUT2D eigenvalue weighted by Gasteiger charge is 2.15. The highest BCUT2D eigenvalue weighted by Crippen LogP contribution is 2.31. The monoisotopic (exact) mass is 263 g/mol. The van der Waals surface area contributed by atoms with E-state index in [1.165, 1.54) is 11.3 Å². The van der Waals surface area contributed by atoms with Gasteiger partial charge in [-0.25, -0.2) is 4.79 Å². The van der Waals surface area contributed by atoms with Gasteiger partial charge in [0.15, 0.2) is 0 Å². The van der Waals surface area contributed by atoms with Crippen LogP contribution in [0.1, 0.15) is 10.4 Å². The van der Waals surface area contributed by atoms with Crippen molar-refractivity contribution in [1.82, 2.24) is 0 Å². The van der Waals surface area contributed by atoms with Crippen LogP contribution in [0.2, 0.25) is 0 Å². The van der Waals surface area contributed by atoms with Crippen LogP contribution in [0.15, 0.2) is 9.85 Å². The van der Waals surface area contributed by atoms with Gasteiger partial charge in [-0.3, -0.25) is 10.1 Å². The highest BCUT2D eigenvalue weighted by molar-refractivity contribution is 9.10. The zero-order chi connectivity index (χ0) is 10.0. The summed E-state index contributed by atoms with van der Waals surface area (Å²) in [5.41, 5.74) is 10.2. The maximum atomic E-state index is 10.9. The maximum absolute atomic E-state index is 10.9. The standard InChI is InChI=1S/C6H6BrN3O2S/c7-2-1-13-5(10-6(9)12)3(2)4(8)11/h1H,(H2,8,11)(H3,9,10,12). The van der Waals surface area contributed by atoms with Crippen LogP contribution in [-0.2, 0) is 0 Å². The molecule has 0 spiro atoms. The molecule has 0 aromatic carbocycles. The Labute approximate surface area is 86.2 Å². The number of nitrogens with one attached hydrogen (secondary N) is 1. The molecule has 5 N–H and O–H groups in total. The van der Waals surface area contributed by atoms with Crippen LogP contribution in [0.5, 0.6) is 0 Å². The third-order valence-corrected chi connectivity index (χ3v) is 3.05. The summed E-state index contributed by atoms with van der Waals surface area (Å²) in [5, 5.41) is 4.30. The Balaban J connectivity index is 3.07. The van der Waals surface area contributed by atoms with Crippen molar-refractivity contribution in [3.05, 3.63) is 15.4 Å². The van der Waals surface area contributed by atoms with Crippen LogP contribution in [0.25, 0.3) is 0 Å². The van der Waals surface area contributed by atoms with Crippen molar-refractivity contribution in [3.63, 3.8) is 0 Å². The van der Waals surface area contributed by atoms with Crippen LogP contribution in [0.4, 0.5) is 9.80 Å². The predicted octanol–water partition coefficient (Wildman–Crippen LogP) is 1.10. The first-order valence-electron chi connectivity index (χ1n) is 3.15. The topological polar surface area (TPSA) is 98.2 Å². The fourth-order valence-electron chi connectivity index (χ4n) is 0.770. The van der Waals surface area contributed by atoms with Gasteiger partial charge < -0.3 is 11.5 Å². The number of halogens is 1. The van der Waals surface area contributed by atoms with Gasteiger partial charge in [-0.2, -0.15) is 0 Å². The number of urea groups is 1. The lowest BCUT2D eigenvalue weighted by Crippen LogP contribution is -2.21. The lowest BCUT2D eigenvalue weighted by atomic mass is 10.3. The zero-order valence-electron chi connectivity index (χ0n) is 6.33. The minimum atomic E-state index is -0.725. The molecule has 1 rings (SSSR count). The Morgan fingerprint density at radius 2 is 2.08 bits per heavy atom. The average molecular weight is 264 g/mol. The molecule has 1 heterocycles. The third kappa shape index (κ3) is 2.19. The van der Waals surface area contributed by atoms with E-state index in [4.69, 9.17) is 11.5 Å². The summed E-state index contributed by atoms with van der Waals surface area (Å²) in [6.45, 7) is 0. The van der Waals surface area contributed by atoms with E-state index < -0.39 is 11.9 Å². The van der Waals surface area contributed by atoms with Crippen molar-refractivity contribution in [2.75, 3.05) is 5.32 Å². The Morgan fingerprint density at radius 3 is 2.54 bits per heavy atom. The van der Waals surface area contributed by atoms with Gasteiger partial charge in [0.05, 0.1) is 5.56 Å². The third-order valence-electron chi connectivity index (χ3n) is 1.23. The second-order valence-electron chi connectivity index (χ2n) is 2.14. The number of hydrogen-bond acceptors (Lipinski definition) is 3. The molecule has 70 valence electrons. The van der Waals surface area contributed by atoms with E-state index in [1.807, 2.05) is 0 Å². The minimum absolute atomic E-state index is 0.240. The summed E-state index contributed by atoms with van der Waals surface area (Å²) in [4.78, 5) is 21.4. The van der Waals surface area contributed by atoms with Crippen molar-refractivity contribution in [2.45, 2.75) is 0 Å². The molecule has 3 amide bonds. The lowest BCUT2D eigenvalue weighted by molar-refractivity contribution is 0.100. The van der Waals surface area contributed by atoms with Gasteiger partial charge in [0, 0.05) is 9.85 Å². The van der Waals surface area contributed by atoms with Crippen LogP contribution in [0.3, 0.4) is 0 Å². The molecule has 0 aliphatic heterocycles. The van der Waals surface area contributed by atoms with E-state index in [1.54, 1.807) is 5.38 Å². The fraction of sp³-hybridized carbons (Fsp3) is 0. The first kappa shape index (κ1) is 10.0. The molecule has 0 radical (unpaired) electrons. The summed E-state index contributed by atoms with van der Waals surface area (Å²) in [5.74, 6) is -0.614. The van der Waals surface area contributed by atoms with Crippen LogP contribution in [0, 0.1) is 0 Å². The van der Waals surface area contributed by atoms with Crippen molar-refractivity contribution in [2.24, 2.45) is 11.5 Å². The quantitative estimate of drug-likeness (QED) is 0.745. The molecule has 0 unspecified atom stereocenters. The van der Waals surface area contributed by atoms with Crippen molar-refractivity contribution in [3.8, 4) is 0 Å². The summed E-state index contributed by atoms with van der Waals surface area (Å²) in [6.07, 6.45) is 0. The zero-order valence-corrected chi connectivity index (χ0v) is 8.74. The van der Waals surface area contributed by atoms with Gasteiger partial charge in [0.25, 0.3) is 5.91 Å². The number of amides is 3. The SMILES string of the molecule is NC(=O)Nc1scc(Br)c1C(N)=O. The van der Waals surface area contributed by atoms with Crippen LogP contribution >= 0.6 is 27.3 Å². The fourth-order valence-corrected chi connectivity index (χ4v) is 2.40. The first-order valence-corrected chi connectivity index (χ1v) is 4.83. The summed E-state index contributed by atoms with van der Waals surface area (Å²) in [7, 11) is 0. The Hall–Kier alpha value is -1.08. The van der Waals surface area contributed by atoms with Gasteiger partial charge in [0.1, 0.15) is 5.00 Å². The van der Waals surface area contributed by atoms with E-state index in [2.05, 4.69) is 21.2 Å². The van der Waals surface area contributed by atoms with E-state index in [9.17, 15) is 9.59 Å². The van der Waals surface area contributed by atoms with Gasteiger partial charge in [-0.05, 0) is 15.9 Å². The smallest absolute Gasteiger partial charge is 0.317 e. The molecular weight excluding hydrogens is 258 g/mol. The molecule has 0 atom stereocenters. The average Bonchev–Trinajstić information content (AvgIpc) is 2.30.